The van der Waals surface area contributed by atoms with Crippen molar-refractivity contribution in [3.05, 3.63) is 54.0 Å². The molecule has 29 heavy (non-hydrogen) atoms. The van der Waals surface area contributed by atoms with Crippen LogP contribution in [0.2, 0.25) is 0 Å². The molecule has 1 unspecified atom stereocenters. The monoisotopic (exact) mass is 414 g/mol. The number of likely N-dealkylation sites (tertiary alicyclic amines) is 2. The Morgan fingerprint density at radius 3 is 2.76 bits per heavy atom. The molecule has 2 saturated heterocycles. The average Bonchev–Trinajstić information content (AvgIpc) is 3.47. The molecule has 0 bridgehead atoms. The first-order chi connectivity index (χ1) is 14.1. The molecule has 1 atom stereocenters. The molecule has 1 aromatic heterocycles. The van der Waals surface area contributed by atoms with Gasteiger partial charge in [-0.1, -0.05) is 18.2 Å². The SMILES string of the molecule is COCCN1CCC2(CCN(C(=O)c3ccc(CSc4ccccc4)o3)C2)C1=O. The summed E-state index contributed by atoms with van der Waals surface area (Å²) in [6.07, 6.45) is 1.52. The number of hydrogen-bond donors (Lipinski definition) is 0. The molecule has 3 heterocycles. The second-order valence-electron chi connectivity index (χ2n) is 7.66. The van der Waals surface area contributed by atoms with E-state index in [4.69, 9.17) is 9.15 Å². The van der Waals surface area contributed by atoms with Gasteiger partial charge in [-0.05, 0) is 37.1 Å². The van der Waals surface area contributed by atoms with Gasteiger partial charge in [-0.25, -0.2) is 0 Å². The number of carbonyl (C=O) groups is 2. The van der Waals surface area contributed by atoms with Crippen LogP contribution >= 0.6 is 11.8 Å². The molecule has 154 valence electrons. The first kappa shape index (κ1) is 20.0. The molecule has 0 radical (unpaired) electrons. The van der Waals surface area contributed by atoms with Gasteiger partial charge < -0.3 is 19.0 Å². The summed E-state index contributed by atoms with van der Waals surface area (Å²) < 4.78 is 10.9. The summed E-state index contributed by atoms with van der Waals surface area (Å²) in [6.45, 7) is 2.97. The topological polar surface area (TPSA) is 63.0 Å². The maximum atomic E-state index is 12.9. The maximum absolute atomic E-state index is 12.9. The number of furan rings is 1. The van der Waals surface area contributed by atoms with Crippen LogP contribution in [0.5, 0.6) is 0 Å². The number of carbonyl (C=O) groups excluding carboxylic acids is 2. The van der Waals surface area contributed by atoms with E-state index in [1.54, 1.807) is 29.8 Å². The van der Waals surface area contributed by atoms with E-state index in [9.17, 15) is 9.59 Å². The van der Waals surface area contributed by atoms with Gasteiger partial charge in [0.2, 0.25) is 5.91 Å². The van der Waals surface area contributed by atoms with Crippen molar-refractivity contribution in [2.45, 2.75) is 23.5 Å². The number of rotatable bonds is 7. The first-order valence-electron chi connectivity index (χ1n) is 9.95. The molecule has 6 nitrogen and oxygen atoms in total. The summed E-state index contributed by atoms with van der Waals surface area (Å²) >= 11 is 1.67. The highest BCUT2D eigenvalue weighted by Gasteiger charge is 2.51. The Labute approximate surface area is 175 Å². The third-order valence-corrected chi connectivity index (χ3v) is 6.84. The van der Waals surface area contributed by atoms with Crippen LogP contribution in [0.1, 0.15) is 29.2 Å². The van der Waals surface area contributed by atoms with Crippen LogP contribution in [0.4, 0.5) is 0 Å². The van der Waals surface area contributed by atoms with Crippen molar-refractivity contribution in [2.75, 3.05) is 39.9 Å². The average molecular weight is 415 g/mol. The van der Waals surface area contributed by atoms with E-state index in [1.807, 2.05) is 29.2 Å². The lowest BCUT2D eigenvalue weighted by molar-refractivity contribution is -0.135. The molecular weight excluding hydrogens is 388 g/mol. The Morgan fingerprint density at radius 2 is 1.97 bits per heavy atom. The third-order valence-electron chi connectivity index (χ3n) is 5.80. The lowest BCUT2D eigenvalue weighted by Gasteiger charge is -2.23. The number of thioether (sulfide) groups is 1. The fourth-order valence-corrected chi connectivity index (χ4v) is 4.94. The van der Waals surface area contributed by atoms with Crippen molar-refractivity contribution in [2.24, 2.45) is 5.41 Å². The van der Waals surface area contributed by atoms with Crippen LogP contribution in [-0.2, 0) is 15.3 Å². The minimum Gasteiger partial charge on any atom is -0.455 e. The highest BCUT2D eigenvalue weighted by molar-refractivity contribution is 7.98. The molecule has 1 spiro atoms. The smallest absolute Gasteiger partial charge is 0.289 e. The summed E-state index contributed by atoms with van der Waals surface area (Å²) in [6, 6.07) is 13.7. The number of methoxy groups -OCH3 is 1. The lowest BCUT2D eigenvalue weighted by Crippen LogP contribution is -2.39. The summed E-state index contributed by atoms with van der Waals surface area (Å²) in [5, 5.41) is 0. The molecule has 2 fully saturated rings. The van der Waals surface area contributed by atoms with E-state index in [-0.39, 0.29) is 11.8 Å². The van der Waals surface area contributed by atoms with Crippen LogP contribution < -0.4 is 0 Å². The van der Waals surface area contributed by atoms with Crippen LogP contribution in [-0.4, -0.2) is 61.5 Å². The largest absolute Gasteiger partial charge is 0.455 e. The van der Waals surface area contributed by atoms with Crippen molar-refractivity contribution in [3.8, 4) is 0 Å². The fraction of sp³-hybridized carbons (Fsp3) is 0.455. The molecule has 0 saturated carbocycles. The van der Waals surface area contributed by atoms with E-state index in [1.165, 1.54) is 0 Å². The Bertz CT molecular complexity index is 869. The summed E-state index contributed by atoms with van der Waals surface area (Å²) in [5.41, 5.74) is -0.429. The summed E-state index contributed by atoms with van der Waals surface area (Å²) in [5.74, 6) is 1.84. The molecule has 4 rings (SSSR count). The molecule has 1 aromatic carbocycles. The number of benzene rings is 1. The zero-order valence-electron chi connectivity index (χ0n) is 16.6. The highest BCUT2D eigenvalue weighted by atomic mass is 32.2. The van der Waals surface area contributed by atoms with E-state index in [0.717, 1.165) is 30.0 Å². The van der Waals surface area contributed by atoms with Gasteiger partial charge in [-0.3, -0.25) is 9.59 Å². The van der Waals surface area contributed by atoms with Crippen molar-refractivity contribution < 1.29 is 18.7 Å². The standard InChI is InChI=1S/C22H26N2O4S/c1-27-14-13-23-11-9-22(21(23)26)10-12-24(16-22)20(25)19-8-7-17(28-19)15-29-18-5-3-2-4-6-18/h2-8H,9-16H2,1H3. The summed E-state index contributed by atoms with van der Waals surface area (Å²) in [4.78, 5) is 30.6. The minimum atomic E-state index is -0.429. The Hall–Kier alpha value is -2.25. The van der Waals surface area contributed by atoms with Gasteiger partial charge in [0, 0.05) is 38.2 Å². The normalized spacial score (nSPS) is 21.5. The maximum Gasteiger partial charge on any atom is 0.289 e. The van der Waals surface area contributed by atoms with Crippen molar-refractivity contribution >= 4 is 23.6 Å². The number of amides is 2. The predicted molar refractivity (Wildman–Crippen MR) is 111 cm³/mol. The van der Waals surface area contributed by atoms with Gasteiger partial charge >= 0.3 is 0 Å². The molecule has 2 aliphatic rings. The quantitative estimate of drug-likeness (QED) is 0.651. The van der Waals surface area contributed by atoms with E-state index >= 15 is 0 Å². The van der Waals surface area contributed by atoms with Crippen LogP contribution in [0.15, 0.2) is 51.8 Å². The van der Waals surface area contributed by atoms with Gasteiger partial charge in [0.25, 0.3) is 5.91 Å². The molecule has 0 N–H and O–H groups in total. The molecule has 7 heteroatoms. The Kier molecular flexibility index (Phi) is 5.96. The van der Waals surface area contributed by atoms with Gasteiger partial charge in [-0.15, -0.1) is 11.8 Å². The van der Waals surface area contributed by atoms with Crippen LogP contribution in [0.3, 0.4) is 0 Å². The van der Waals surface area contributed by atoms with Gasteiger partial charge in [0.15, 0.2) is 5.76 Å². The highest BCUT2D eigenvalue weighted by Crippen LogP contribution is 2.41. The van der Waals surface area contributed by atoms with Gasteiger partial charge in [0.1, 0.15) is 5.76 Å². The zero-order chi connectivity index (χ0) is 20.3. The molecule has 2 aromatic rings. The molecule has 2 amide bonds. The number of hydrogen-bond acceptors (Lipinski definition) is 5. The molecular formula is C22H26N2O4S. The third kappa shape index (κ3) is 4.21. The minimum absolute atomic E-state index is 0.124. The number of nitrogens with zero attached hydrogens (tertiary/aromatic N) is 2. The lowest BCUT2D eigenvalue weighted by atomic mass is 9.85. The van der Waals surface area contributed by atoms with E-state index < -0.39 is 5.41 Å². The fourth-order valence-electron chi connectivity index (χ4n) is 4.13. The first-order valence-corrected chi connectivity index (χ1v) is 10.9. The van der Waals surface area contributed by atoms with Gasteiger partial charge in [-0.2, -0.15) is 0 Å². The second-order valence-corrected chi connectivity index (χ2v) is 8.71. The van der Waals surface area contributed by atoms with Crippen molar-refractivity contribution in [1.29, 1.82) is 0 Å². The molecule has 0 aliphatic carbocycles. The van der Waals surface area contributed by atoms with E-state index in [2.05, 4.69) is 12.1 Å². The van der Waals surface area contributed by atoms with E-state index in [0.29, 0.717) is 37.8 Å². The van der Waals surface area contributed by atoms with Gasteiger partial charge in [0.05, 0.1) is 17.8 Å². The summed E-state index contributed by atoms with van der Waals surface area (Å²) in [7, 11) is 1.64. The zero-order valence-corrected chi connectivity index (χ0v) is 17.5. The molecule has 2 aliphatic heterocycles. The number of ether oxygens (including phenoxy) is 1. The van der Waals surface area contributed by atoms with Crippen molar-refractivity contribution in [3.63, 3.8) is 0 Å². The Balaban J connectivity index is 1.35. The van der Waals surface area contributed by atoms with Crippen LogP contribution in [0.25, 0.3) is 0 Å². The second kappa shape index (κ2) is 8.63. The van der Waals surface area contributed by atoms with Crippen molar-refractivity contribution in [1.82, 2.24) is 9.80 Å². The predicted octanol–water partition coefficient (Wildman–Crippen LogP) is 3.28. The van der Waals surface area contributed by atoms with Crippen LogP contribution in [0, 0.1) is 5.41 Å². The Morgan fingerprint density at radius 1 is 1.17 bits per heavy atom.